The molecule has 1 amide bonds. The average Bonchev–Trinajstić information content (AvgIpc) is 3.00. The summed E-state index contributed by atoms with van der Waals surface area (Å²) in [6, 6.07) is 21.7. The molecule has 0 saturated carbocycles. The summed E-state index contributed by atoms with van der Waals surface area (Å²) >= 11 is 1.58. The number of thioether (sulfide) groups is 1. The minimum Gasteiger partial charge on any atom is -0.481 e. The first-order chi connectivity index (χ1) is 20.3. The van der Waals surface area contributed by atoms with Gasteiger partial charge in [-0.3, -0.25) is 9.59 Å². The maximum atomic E-state index is 12.3. The quantitative estimate of drug-likeness (QED) is 0.127. The minimum absolute atomic E-state index is 0.0366. The van der Waals surface area contributed by atoms with Gasteiger partial charge in [0.2, 0.25) is 5.91 Å². The number of amides is 1. The number of hydrogen-bond donors (Lipinski definition) is 4. The van der Waals surface area contributed by atoms with Gasteiger partial charge in [0.05, 0.1) is 24.4 Å². The molecule has 1 aliphatic rings. The molecule has 0 spiro atoms. The average molecular weight is 594 g/mol. The van der Waals surface area contributed by atoms with Crippen LogP contribution in [0.4, 0.5) is 5.69 Å². The largest absolute Gasteiger partial charge is 0.481 e. The molecule has 9 nitrogen and oxygen atoms in total. The van der Waals surface area contributed by atoms with Crippen molar-refractivity contribution in [2.75, 3.05) is 11.1 Å². The summed E-state index contributed by atoms with van der Waals surface area (Å²) in [6.45, 7) is -0.0366. The van der Waals surface area contributed by atoms with Gasteiger partial charge in [-0.15, -0.1) is 11.8 Å². The fourth-order valence-corrected chi connectivity index (χ4v) is 5.51. The van der Waals surface area contributed by atoms with Gasteiger partial charge in [-0.25, -0.2) is 4.79 Å². The van der Waals surface area contributed by atoms with E-state index in [1.165, 1.54) is 0 Å². The molecule has 1 aliphatic heterocycles. The van der Waals surface area contributed by atoms with Crippen molar-refractivity contribution in [2.45, 2.75) is 68.5 Å². The molecule has 1 saturated heterocycles. The van der Waals surface area contributed by atoms with Crippen molar-refractivity contribution in [3.8, 4) is 0 Å². The van der Waals surface area contributed by atoms with Crippen LogP contribution in [0.3, 0.4) is 0 Å². The molecule has 0 radical (unpaired) electrons. The molecule has 4 rings (SSSR count). The number of unbranched alkanes of at least 4 members (excludes halogenated alkanes) is 2. The Morgan fingerprint density at radius 1 is 0.810 bits per heavy atom. The molecular weight excluding hydrogens is 558 g/mol. The van der Waals surface area contributed by atoms with E-state index in [-0.39, 0.29) is 36.7 Å². The minimum atomic E-state index is -0.962. The van der Waals surface area contributed by atoms with Gasteiger partial charge in [-0.2, -0.15) is 0 Å². The SMILES string of the molecule is O=C(O)CCCCCC(=O)Nc1ccc([C@@H]2O[C@H](CSc3ccc(C(=O)O)cc3)C[C@H](c3ccc(CO)cc3)O2)cc1. The zero-order chi connectivity index (χ0) is 29.9. The number of carbonyl (C=O) groups excluding carboxylic acids is 1. The number of carboxylic acids is 2. The Kier molecular flexibility index (Phi) is 11.5. The van der Waals surface area contributed by atoms with E-state index in [1.54, 1.807) is 48.2 Å². The van der Waals surface area contributed by atoms with Gasteiger partial charge in [0.15, 0.2) is 6.29 Å². The highest BCUT2D eigenvalue weighted by atomic mass is 32.2. The Morgan fingerprint density at radius 3 is 2.12 bits per heavy atom. The van der Waals surface area contributed by atoms with Gasteiger partial charge >= 0.3 is 11.9 Å². The molecule has 0 unspecified atom stereocenters. The van der Waals surface area contributed by atoms with Crippen molar-refractivity contribution in [3.63, 3.8) is 0 Å². The predicted molar refractivity (Wildman–Crippen MR) is 158 cm³/mol. The van der Waals surface area contributed by atoms with E-state index in [2.05, 4.69) is 5.32 Å². The molecule has 3 aromatic carbocycles. The molecule has 222 valence electrons. The molecule has 0 bridgehead atoms. The number of anilines is 1. The highest BCUT2D eigenvalue weighted by Crippen LogP contribution is 2.39. The highest BCUT2D eigenvalue weighted by Gasteiger charge is 2.32. The second-order valence-electron chi connectivity index (χ2n) is 10.1. The second-order valence-corrected chi connectivity index (χ2v) is 11.2. The lowest BCUT2D eigenvalue weighted by Crippen LogP contribution is -2.31. The number of carboxylic acid groups (broad SMARTS) is 2. The third-order valence-electron chi connectivity index (χ3n) is 6.91. The first-order valence-electron chi connectivity index (χ1n) is 13.9. The summed E-state index contributed by atoms with van der Waals surface area (Å²) in [7, 11) is 0. The van der Waals surface area contributed by atoms with E-state index >= 15 is 0 Å². The summed E-state index contributed by atoms with van der Waals surface area (Å²) in [4.78, 5) is 35.0. The Bertz CT molecular complexity index is 1330. The maximum absolute atomic E-state index is 12.3. The van der Waals surface area contributed by atoms with E-state index in [4.69, 9.17) is 19.7 Å². The van der Waals surface area contributed by atoms with Crippen molar-refractivity contribution >= 4 is 35.3 Å². The summed E-state index contributed by atoms with van der Waals surface area (Å²) < 4.78 is 12.7. The van der Waals surface area contributed by atoms with Crippen LogP contribution in [-0.2, 0) is 25.7 Å². The third kappa shape index (κ3) is 9.42. The molecule has 0 aromatic heterocycles. The Morgan fingerprint density at radius 2 is 1.48 bits per heavy atom. The summed E-state index contributed by atoms with van der Waals surface area (Å²) in [5, 5.41) is 30.2. The van der Waals surface area contributed by atoms with E-state index in [0.29, 0.717) is 43.5 Å². The first kappa shape index (κ1) is 31.2. The number of aromatic carboxylic acids is 1. The molecule has 3 atom stereocenters. The second kappa shape index (κ2) is 15.5. The zero-order valence-electron chi connectivity index (χ0n) is 23.1. The topological polar surface area (TPSA) is 142 Å². The Balaban J connectivity index is 1.39. The highest BCUT2D eigenvalue weighted by molar-refractivity contribution is 7.99. The first-order valence-corrected chi connectivity index (χ1v) is 14.9. The fraction of sp³-hybridized carbons (Fsp3) is 0.344. The van der Waals surface area contributed by atoms with Crippen molar-refractivity contribution < 1.29 is 39.2 Å². The maximum Gasteiger partial charge on any atom is 0.335 e. The van der Waals surface area contributed by atoms with Crippen molar-refractivity contribution in [1.82, 2.24) is 0 Å². The van der Waals surface area contributed by atoms with Crippen LogP contribution in [0, 0.1) is 0 Å². The molecule has 42 heavy (non-hydrogen) atoms. The van der Waals surface area contributed by atoms with E-state index in [0.717, 1.165) is 21.6 Å². The lowest BCUT2D eigenvalue weighted by atomic mass is 10.0. The summed E-state index contributed by atoms with van der Waals surface area (Å²) in [5.74, 6) is -1.27. The van der Waals surface area contributed by atoms with Crippen LogP contribution in [0.2, 0.25) is 0 Å². The van der Waals surface area contributed by atoms with E-state index < -0.39 is 18.2 Å². The van der Waals surface area contributed by atoms with Gasteiger partial charge in [0.1, 0.15) is 0 Å². The number of hydrogen-bond acceptors (Lipinski definition) is 7. The van der Waals surface area contributed by atoms with Crippen molar-refractivity contribution in [3.05, 3.63) is 95.1 Å². The van der Waals surface area contributed by atoms with E-state index in [9.17, 15) is 19.5 Å². The van der Waals surface area contributed by atoms with Gasteiger partial charge in [-0.05, 0) is 60.4 Å². The number of nitrogens with one attached hydrogen (secondary N) is 1. The predicted octanol–water partition coefficient (Wildman–Crippen LogP) is 6.19. The summed E-state index contributed by atoms with van der Waals surface area (Å²) in [5.41, 5.74) is 3.49. The van der Waals surface area contributed by atoms with Crippen LogP contribution in [0.5, 0.6) is 0 Å². The molecule has 3 aromatic rings. The number of aliphatic hydroxyl groups is 1. The molecule has 1 heterocycles. The smallest absolute Gasteiger partial charge is 0.335 e. The molecule has 0 aliphatic carbocycles. The van der Waals surface area contributed by atoms with Gasteiger partial charge in [0, 0.05) is 41.2 Å². The van der Waals surface area contributed by atoms with Crippen LogP contribution >= 0.6 is 11.8 Å². The molecule has 4 N–H and O–H groups in total. The number of aliphatic carboxylic acids is 1. The monoisotopic (exact) mass is 593 g/mol. The van der Waals surface area contributed by atoms with Crippen LogP contribution in [-0.4, -0.2) is 45.0 Å². The Labute approximate surface area is 248 Å². The number of ether oxygens (including phenoxy) is 2. The third-order valence-corrected chi connectivity index (χ3v) is 8.06. The van der Waals surface area contributed by atoms with Crippen molar-refractivity contribution in [1.29, 1.82) is 0 Å². The number of carbonyl (C=O) groups is 3. The number of rotatable bonds is 14. The molecule has 1 fully saturated rings. The van der Waals surface area contributed by atoms with Gasteiger partial charge in [-0.1, -0.05) is 42.8 Å². The Hall–Kier alpha value is -3.70. The van der Waals surface area contributed by atoms with Crippen LogP contribution in [0.25, 0.3) is 0 Å². The van der Waals surface area contributed by atoms with Crippen LogP contribution in [0.15, 0.2) is 77.7 Å². The van der Waals surface area contributed by atoms with Gasteiger partial charge in [0.25, 0.3) is 0 Å². The fourth-order valence-electron chi connectivity index (χ4n) is 4.59. The summed E-state index contributed by atoms with van der Waals surface area (Å²) in [6.07, 6.45) is 1.90. The molecule has 10 heteroatoms. The number of benzene rings is 3. The zero-order valence-corrected chi connectivity index (χ0v) is 23.9. The normalized spacial score (nSPS) is 18.4. The standard InChI is InChI=1S/C32H35NO8S/c34-19-21-6-8-22(9-7-21)28-18-26(20-42-27-16-12-23(13-17-27)31(38)39)40-32(41-28)24-10-14-25(15-11-24)33-29(35)4-2-1-3-5-30(36)37/h6-17,26,28,32,34H,1-5,18-20H2,(H,33,35)(H,36,37)(H,38,39)/t26-,28+,32+/m0/s1. The lowest BCUT2D eigenvalue weighted by molar-refractivity contribution is -0.245. The van der Waals surface area contributed by atoms with Crippen molar-refractivity contribution in [2.24, 2.45) is 0 Å². The molecular formula is C32H35NO8S. The number of aliphatic hydroxyl groups excluding tert-OH is 1. The van der Waals surface area contributed by atoms with E-state index in [1.807, 2.05) is 36.4 Å². The van der Waals surface area contributed by atoms with Crippen LogP contribution < -0.4 is 5.32 Å². The van der Waals surface area contributed by atoms with Crippen LogP contribution in [0.1, 0.15) is 78.0 Å². The van der Waals surface area contributed by atoms with Gasteiger partial charge < -0.3 is 30.1 Å². The lowest BCUT2D eigenvalue weighted by Gasteiger charge is -2.36.